The summed E-state index contributed by atoms with van der Waals surface area (Å²) in [6.07, 6.45) is 1.52. The lowest BCUT2D eigenvalue weighted by molar-refractivity contribution is -0.140. The van der Waals surface area contributed by atoms with Crippen LogP contribution in [0.3, 0.4) is 0 Å². The molecule has 0 bridgehead atoms. The third kappa shape index (κ3) is 5.21. The molecule has 2 fully saturated rings. The maximum Gasteiger partial charge on any atom is 0.325 e. The molecular weight excluding hydrogens is 532 g/mol. The number of aliphatic carboxylic acids is 1. The number of hydrogen-bond acceptors (Lipinski definition) is 6. The van der Waals surface area contributed by atoms with Crippen LogP contribution in [0, 0.1) is 0 Å². The summed E-state index contributed by atoms with van der Waals surface area (Å²) < 4.78 is 35.2. The Morgan fingerprint density at radius 1 is 1.05 bits per heavy atom. The number of carboxylic acids is 1. The molecule has 5 rings (SSSR count). The Balaban J connectivity index is 1.40. The van der Waals surface area contributed by atoms with Crippen LogP contribution in [0.4, 0.5) is 0 Å². The average Bonchev–Trinajstić information content (AvgIpc) is 3.27. The molecule has 2 N–H and O–H groups in total. The van der Waals surface area contributed by atoms with Gasteiger partial charge in [0, 0.05) is 28.4 Å². The number of ether oxygens (including phenoxy) is 1. The van der Waals surface area contributed by atoms with Crippen molar-refractivity contribution in [3.63, 3.8) is 0 Å². The van der Waals surface area contributed by atoms with Gasteiger partial charge in [0.15, 0.2) is 0 Å². The number of nitrogens with one attached hydrogen (secondary N) is 1. The minimum atomic E-state index is -4.09. The number of halogens is 1. The molecule has 1 aliphatic carbocycles. The van der Waals surface area contributed by atoms with Crippen LogP contribution in [0.2, 0.25) is 5.02 Å². The van der Waals surface area contributed by atoms with E-state index in [2.05, 4.69) is 9.62 Å². The highest BCUT2D eigenvalue weighted by Crippen LogP contribution is 2.61. The second-order valence-corrected chi connectivity index (χ2v) is 13.1. The van der Waals surface area contributed by atoms with E-state index in [4.69, 9.17) is 16.3 Å². The van der Waals surface area contributed by atoms with Crippen LogP contribution in [0.25, 0.3) is 10.4 Å². The predicted octanol–water partition coefficient (Wildman–Crippen LogP) is 4.62. The highest BCUT2D eigenvalue weighted by Gasteiger charge is 2.74. The van der Waals surface area contributed by atoms with E-state index in [9.17, 15) is 18.3 Å². The van der Waals surface area contributed by atoms with E-state index < -0.39 is 26.9 Å². The second kappa shape index (κ2) is 10.5. The Kier molecular flexibility index (Phi) is 7.46. The van der Waals surface area contributed by atoms with Gasteiger partial charge in [-0.1, -0.05) is 54.1 Å². The zero-order valence-electron chi connectivity index (χ0n) is 20.2. The fraction of sp³-hybridized carbons (Fsp3) is 0.370. The zero-order valence-corrected chi connectivity index (χ0v) is 22.6. The predicted molar refractivity (Wildman–Crippen MR) is 145 cm³/mol. The van der Waals surface area contributed by atoms with Gasteiger partial charge in [0.2, 0.25) is 0 Å². The first-order valence-corrected chi connectivity index (χ1v) is 14.9. The first-order chi connectivity index (χ1) is 17.8. The Labute approximate surface area is 226 Å². The largest absolute Gasteiger partial charge is 0.480 e. The summed E-state index contributed by atoms with van der Waals surface area (Å²) in [5.74, 6) is -1.15. The summed E-state index contributed by atoms with van der Waals surface area (Å²) in [5, 5.41) is 11.0. The first kappa shape index (κ1) is 26.3. The molecule has 0 amide bonds. The first-order valence-electron chi connectivity index (χ1n) is 12.2. The minimum Gasteiger partial charge on any atom is -0.480 e. The van der Waals surface area contributed by atoms with Crippen LogP contribution in [0.1, 0.15) is 24.8 Å². The van der Waals surface area contributed by atoms with Gasteiger partial charge < -0.3 is 9.84 Å². The normalized spacial score (nSPS) is 24.1. The molecule has 1 aliphatic heterocycles. The van der Waals surface area contributed by atoms with Gasteiger partial charge >= 0.3 is 5.97 Å². The van der Waals surface area contributed by atoms with Crippen molar-refractivity contribution in [2.75, 3.05) is 32.8 Å². The van der Waals surface area contributed by atoms with Gasteiger partial charge in [0.25, 0.3) is 10.0 Å². The van der Waals surface area contributed by atoms with E-state index in [1.165, 1.54) is 6.07 Å². The average molecular weight is 561 g/mol. The summed E-state index contributed by atoms with van der Waals surface area (Å²) in [5.41, 5.74) is -0.745. The number of rotatable bonds is 10. The zero-order chi connectivity index (χ0) is 26.1. The van der Waals surface area contributed by atoms with Crippen LogP contribution < -0.4 is 4.72 Å². The molecule has 0 spiro atoms. The highest BCUT2D eigenvalue weighted by molar-refractivity contribution is 7.91. The van der Waals surface area contributed by atoms with Crippen molar-refractivity contribution in [1.29, 1.82) is 0 Å². The summed E-state index contributed by atoms with van der Waals surface area (Å²) in [7, 11) is -4.09. The molecule has 1 saturated carbocycles. The number of sulfonamides is 1. The molecule has 196 valence electrons. The Bertz CT molecular complexity index is 1360. The summed E-state index contributed by atoms with van der Waals surface area (Å²) in [6, 6.07) is 19.8. The van der Waals surface area contributed by atoms with Crippen LogP contribution >= 0.6 is 22.9 Å². The van der Waals surface area contributed by atoms with Gasteiger partial charge in [-0.2, -0.15) is 4.72 Å². The lowest BCUT2D eigenvalue weighted by Gasteiger charge is -2.28. The molecule has 7 nitrogen and oxygen atoms in total. The minimum absolute atomic E-state index is 0.0836. The van der Waals surface area contributed by atoms with E-state index in [0.29, 0.717) is 24.7 Å². The maximum absolute atomic E-state index is 13.5. The van der Waals surface area contributed by atoms with E-state index >= 15 is 0 Å². The number of carboxylic acid groups (broad SMARTS) is 1. The Morgan fingerprint density at radius 2 is 1.76 bits per heavy atom. The van der Waals surface area contributed by atoms with Gasteiger partial charge in [0.05, 0.1) is 13.2 Å². The Hall–Kier alpha value is -2.27. The van der Waals surface area contributed by atoms with Crippen LogP contribution in [0.5, 0.6) is 0 Å². The topological polar surface area (TPSA) is 95.9 Å². The molecule has 2 aliphatic rings. The fourth-order valence-electron chi connectivity index (χ4n) is 5.36. The number of hydrogen-bond donors (Lipinski definition) is 2. The SMILES string of the molecule is O=C(O)[C@@]1(NS(=O)(=O)c2ccc(-c3ccc(Cl)cc3)s2)C[C@@]1(CCCN1CCOCC1)c1ccccc1. The number of morpholine rings is 1. The Morgan fingerprint density at radius 3 is 2.43 bits per heavy atom. The summed E-state index contributed by atoms with van der Waals surface area (Å²) in [4.78, 5) is 15.8. The number of carbonyl (C=O) groups is 1. The summed E-state index contributed by atoms with van der Waals surface area (Å²) >= 11 is 7.08. The van der Waals surface area contributed by atoms with Crippen molar-refractivity contribution in [2.24, 2.45) is 0 Å². The highest BCUT2D eigenvalue weighted by atomic mass is 35.5. The molecule has 2 heterocycles. The van der Waals surface area contributed by atoms with Crippen LogP contribution in [-0.4, -0.2) is 62.8 Å². The molecule has 10 heteroatoms. The van der Waals surface area contributed by atoms with Crippen molar-refractivity contribution in [3.05, 3.63) is 77.3 Å². The maximum atomic E-state index is 13.5. The number of thiophene rings is 1. The smallest absolute Gasteiger partial charge is 0.325 e. The molecule has 2 atom stereocenters. The molecule has 1 aromatic heterocycles. The fourth-order valence-corrected chi connectivity index (χ4v) is 8.22. The van der Waals surface area contributed by atoms with Crippen molar-refractivity contribution < 1.29 is 23.1 Å². The number of benzene rings is 2. The van der Waals surface area contributed by atoms with E-state index in [0.717, 1.165) is 53.4 Å². The van der Waals surface area contributed by atoms with Crippen molar-refractivity contribution in [2.45, 2.75) is 34.4 Å². The third-order valence-corrected chi connectivity index (χ3v) is 10.8. The van der Waals surface area contributed by atoms with Crippen LogP contribution in [0.15, 0.2) is 70.9 Å². The molecule has 1 saturated heterocycles. The molecule has 0 radical (unpaired) electrons. The molecule has 2 aromatic carbocycles. The monoisotopic (exact) mass is 560 g/mol. The molecular formula is C27H29ClN2O5S2. The van der Waals surface area contributed by atoms with Crippen molar-refractivity contribution in [1.82, 2.24) is 9.62 Å². The molecule has 0 unspecified atom stereocenters. The van der Waals surface area contributed by atoms with Gasteiger partial charge in [-0.05, 0) is 61.2 Å². The van der Waals surface area contributed by atoms with Gasteiger partial charge in [-0.3, -0.25) is 9.69 Å². The number of nitrogens with zero attached hydrogens (tertiary/aromatic N) is 1. The molecule has 37 heavy (non-hydrogen) atoms. The second-order valence-electron chi connectivity index (χ2n) is 9.62. The van der Waals surface area contributed by atoms with E-state index in [1.807, 2.05) is 42.5 Å². The molecule has 3 aromatic rings. The van der Waals surface area contributed by atoms with E-state index in [-0.39, 0.29) is 10.6 Å². The lowest BCUT2D eigenvalue weighted by atomic mass is 9.86. The third-order valence-electron chi connectivity index (χ3n) is 7.42. The van der Waals surface area contributed by atoms with Gasteiger partial charge in [-0.25, -0.2) is 8.42 Å². The van der Waals surface area contributed by atoms with Gasteiger partial charge in [-0.15, -0.1) is 11.3 Å². The van der Waals surface area contributed by atoms with Crippen molar-refractivity contribution in [3.8, 4) is 10.4 Å². The van der Waals surface area contributed by atoms with Crippen molar-refractivity contribution >= 4 is 38.9 Å². The quantitative estimate of drug-likeness (QED) is 0.375. The van der Waals surface area contributed by atoms with E-state index in [1.54, 1.807) is 18.2 Å². The lowest BCUT2D eigenvalue weighted by Crippen LogP contribution is -2.48. The van der Waals surface area contributed by atoms with Gasteiger partial charge in [0.1, 0.15) is 9.75 Å². The standard InChI is InChI=1S/C27H29ClN2O5S2/c28-22-9-7-20(8-10-22)23-11-12-24(36-23)37(33,34)29-27(25(31)32)19-26(27,21-5-2-1-3-6-21)13-4-14-30-15-17-35-18-16-30/h1-3,5-12,29H,4,13-19H2,(H,31,32)/t26-,27-/m0/s1. The van der Waals surface area contributed by atoms with Crippen LogP contribution in [-0.2, 0) is 25.0 Å². The summed E-state index contributed by atoms with van der Waals surface area (Å²) in [6.45, 7) is 3.91.